The lowest BCUT2D eigenvalue weighted by Crippen LogP contribution is -2.58. The van der Waals surface area contributed by atoms with Crippen molar-refractivity contribution in [2.45, 2.75) is 13.3 Å². The molecule has 0 unspecified atom stereocenters. The quantitative estimate of drug-likeness (QED) is 0.663. The van der Waals surface area contributed by atoms with Gasteiger partial charge in [0.15, 0.2) is 0 Å². The summed E-state index contributed by atoms with van der Waals surface area (Å²) >= 11 is 0. The van der Waals surface area contributed by atoms with Gasteiger partial charge in [-0.2, -0.15) is 0 Å². The Morgan fingerprint density at radius 3 is 2.54 bits per heavy atom. The molecule has 0 bridgehead atoms. The number of rotatable bonds is 4. The molecule has 76 valence electrons. The highest BCUT2D eigenvalue weighted by molar-refractivity contribution is 5.83. The van der Waals surface area contributed by atoms with E-state index in [9.17, 15) is 4.79 Å². The Kier molecular flexibility index (Phi) is 3.27. The zero-order valence-corrected chi connectivity index (χ0v) is 8.38. The molecule has 1 amide bonds. The van der Waals surface area contributed by atoms with E-state index in [1.807, 2.05) is 7.05 Å². The number of hydrogen-bond donors (Lipinski definition) is 1. The summed E-state index contributed by atoms with van der Waals surface area (Å²) in [5.41, 5.74) is 5.16. The average molecular weight is 186 g/mol. The summed E-state index contributed by atoms with van der Waals surface area (Å²) in [6.45, 7) is 4.20. The minimum atomic E-state index is -0.413. The zero-order chi connectivity index (χ0) is 9.90. The molecule has 4 nitrogen and oxygen atoms in total. The summed E-state index contributed by atoms with van der Waals surface area (Å²) in [5, 5.41) is 0. The maximum Gasteiger partial charge on any atom is 0.234 e. The van der Waals surface area contributed by atoms with Crippen molar-refractivity contribution in [3.8, 4) is 0 Å². The maximum absolute atomic E-state index is 11.8. The number of carbonyl (C=O) groups is 1. The van der Waals surface area contributed by atoms with Crippen LogP contribution in [0.2, 0.25) is 0 Å². The molecule has 0 aliphatic carbocycles. The smallest absolute Gasteiger partial charge is 0.234 e. The molecule has 1 saturated heterocycles. The van der Waals surface area contributed by atoms with Crippen LogP contribution in [-0.4, -0.2) is 44.2 Å². The second-order valence-electron chi connectivity index (χ2n) is 3.70. The molecule has 1 fully saturated rings. The molecular weight excluding hydrogens is 168 g/mol. The van der Waals surface area contributed by atoms with Crippen molar-refractivity contribution in [3.63, 3.8) is 0 Å². The third-order valence-corrected chi connectivity index (χ3v) is 2.51. The van der Waals surface area contributed by atoms with Gasteiger partial charge in [0.2, 0.25) is 5.91 Å². The molecule has 1 aliphatic heterocycles. The molecule has 13 heavy (non-hydrogen) atoms. The van der Waals surface area contributed by atoms with Gasteiger partial charge in [0.05, 0.1) is 13.2 Å². The van der Waals surface area contributed by atoms with Gasteiger partial charge in [-0.15, -0.1) is 0 Å². The molecule has 1 heterocycles. The van der Waals surface area contributed by atoms with E-state index in [1.54, 1.807) is 4.90 Å². The van der Waals surface area contributed by atoms with Gasteiger partial charge in [-0.3, -0.25) is 4.79 Å². The van der Waals surface area contributed by atoms with Crippen molar-refractivity contribution in [2.75, 3.05) is 33.4 Å². The van der Waals surface area contributed by atoms with Crippen LogP contribution in [0.4, 0.5) is 0 Å². The Bertz CT molecular complexity index is 185. The van der Waals surface area contributed by atoms with Crippen molar-refractivity contribution in [2.24, 2.45) is 11.1 Å². The first-order valence-corrected chi connectivity index (χ1v) is 4.69. The highest BCUT2D eigenvalue weighted by atomic mass is 16.5. The predicted molar refractivity (Wildman–Crippen MR) is 50.2 cm³/mol. The highest BCUT2D eigenvalue weighted by Crippen LogP contribution is 2.28. The lowest BCUT2D eigenvalue weighted by molar-refractivity contribution is -0.169. The van der Waals surface area contributed by atoms with E-state index in [2.05, 4.69) is 6.92 Å². The molecule has 0 saturated carbocycles. The molecule has 2 N–H and O–H groups in total. The number of ether oxygens (including phenoxy) is 1. The van der Waals surface area contributed by atoms with Crippen LogP contribution in [0.1, 0.15) is 13.3 Å². The van der Waals surface area contributed by atoms with Gasteiger partial charge in [-0.1, -0.05) is 6.92 Å². The minimum Gasteiger partial charge on any atom is -0.379 e. The zero-order valence-electron chi connectivity index (χ0n) is 8.38. The number of hydrogen-bond acceptors (Lipinski definition) is 3. The fourth-order valence-corrected chi connectivity index (χ4v) is 1.52. The number of carbonyl (C=O) groups excluding carboxylic acids is 1. The van der Waals surface area contributed by atoms with Crippen LogP contribution in [0.3, 0.4) is 0 Å². The van der Waals surface area contributed by atoms with Crippen LogP contribution in [0.5, 0.6) is 0 Å². The van der Waals surface area contributed by atoms with Gasteiger partial charge >= 0.3 is 0 Å². The van der Waals surface area contributed by atoms with Crippen LogP contribution < -0.4 is 5.73 Å². The van der Waals surface area contributed by atoms with Crippen LogP contribution in [-0.2, 0) is 9.53 Å². The molecule has 0 aromatic rings. The summed E-state index contributed by atoms with van der Waals surface area (Å²) in [6.07, 6.45) is 0.976. The Balaban J connectivity index is 2.54. The van der Waals surface area contributed by atoms with Gasteiger partial charge in [0, 0.05) is 20.1 Å². The Morgan fingerprint density at radius 1 is 1.62 bits per heavy atom. The largest absolute Gasteiger partial charge is 0.379 e. The molecule has 4 heteroatoms. The van der Waals surface area contributed by atoms with Crippen molar-refractivity contribution < 1.29 is 9.53 Å². The fraction of sp³-hybridized carbons (Fsp3) is 0.889. The van der Waals surface area contributed by atoms with Crippen LogP contribution >= 0.6 is 0 Å². The number of nitrogens with two attached hydrogens (primary N) is 1. The first-order valence-electron chi connectivity index (χ1n) is 4.69. The van der Waals surface area contributed by atoms with Gasteiger partial charge in [-0.25, -0.2) is 0 Å². The molecule has 0 spiro atoms. The third kappa shape index (κ3) is 1.84. The second kappa shape index (κ2) is 4.07. The summed E-state index contributed by atoms with van der Waals surface area (Å²) < 4.78 is 5.05. The van der Waals surface area contributed by atoms with Crippen LogP contribution in [0, 0.1) is 5.41 Å². The van der Waals surface area contributed by atoms with Crippen molar-refractivity contribution in [1.29, 1.82) is 0 Å². The summed E-state index contributed by atoms with van der Waals surface area (Å²) in [4.78, 5) is 13.6. The van der Waals surface area contributed by atoms with Crippen LogP contribution in [0.15, 0.2) is 0 Å². The van der Waals surface area contributed by atoms with Gasteiger partial charge in [0.1, 0.15) is 5.41 Å². The summed E-state index contributed by atoms with van der Waals surface area (Å²) in [6, 6.07) is 0. The number of amides is 1. The van der Waals surface area contributed by atoms with Gasteiger partial charge in [0.25, 0.3) is 0 Å². The van der Waals surface area contributed by atoms with E-state index in [-0.39, 0.29) is 5.91 Å². The Morgan fingerprint density at radius 2 is 2.23 bits per heavy atom. The lowest BCUT2D eigenvalue weighted by Gasteiger charge is -2.41. The standard InChI is InChI=1S/C9H18N2O2/c1-3-4-11(2)8(12)9(5-10)6-13-7-9/h3-7,10H2,1-2H3. The second-order valence-corrected chi connectivity index (χ2v) is 3.70. The van der Waals surface area contributed by atoms with E-state index >= 15 is 0 Å². The fourth-order valence-electron chi connectivity index (χ4n) is 1.52. The Hall–Kier alpha value is -0.610. The van der Waals surface area contributed by atoms with Crippen LogP contribution in [0.25, 0.3) is 0 Å². The van der Waals surface area contributed by atoms with Crippen molar-refractivity contribution in [3.05, 3.63) is 0 Å². The summed E-state index contributed by atoms with van der Waals surface area (Å²) in [7, 11) is 1.82. The Labute approximate surface area is 79.0 Å². The highest BCUT2D eigenvalue weighted by Gasteiger charge is 2.45. The van der Waals surface area contributed by atoms with E-state index in [1.165, 1.54) is 0 Å². The van der Waals surface area contributed by atoms with Gasteiger partial charge in [-0.05, 0) is 6.42 Å². The number of nitrogens with zero attached hydrogens (tertiary/aromatic N) is 1. The molecule has 0 aromatic heterocycles. The van der Waals surface area contributed by atoms with Crippen molar-refractivity contribution >= 4 is 5.91 Å². The van der Waals surface area contributed by atoms with Gasteiger partial charge < -0.3 is 15.4 Å². The predicted octanol–water partition coefficient (Wildman–Crippen LogP) is -0.170. The first-order chi connectivity index (χ1) is 6.16. The minimum absolute atomic E-state index is 0.128. The monoisotopic (exact) mass is 186 g/mol. The third-order valence-electron chi connectivity index (χ3n) is 2.51. The molecular formula is C9H18N2O2. The van der Waals surface area contributed by atoms with E-state index in [4.69, 9.17) is 10.5 Å². The van der Waals surface area contributed by atoms with Crippen molar-refractivity contribution in [1.82, 2.24) is 4.90 Å². The lowest BCUT2D eigenvalue weighted by atomic mass is 9.84. The molecule has 1 aliphatic rings. The maximum atomic E-state index is 11.8. The summed E-state index contributed by atoms with van der Waals surface area (Å²) in [5.74, 6) is 0.128. The normalized spacial score (nSPS) is 19.3. The average Bonchev–Trinajstić information content (AvgIpc) is 2.03. The van der Waals surface area contributed by atoms with E-state index in [0.29, 0.717) is 19.8 Å². The van der Waals surface area contributed by atoms with E-state index < -0.39 is 5.41 Å². The van der Waals surface area contributed by atoms with E-state index in [0.717, 1.165) is 13.0 Å². The molecule has 0 atom stereocenters. The molecule has 0 radical (unpaired) electrons. The molecule has 0 aromatic carbocycles. The molecule has 1 rings (SSSR count). The first kappa shape index (κ1) is 10.5. The SMILES string of the molecule is CCCN(C)C(=O)C1(CN)COC1. The topological polar surface area (TPSA) is 55.6 Å².